The second kappa shape index (κ2) is 9.79. The molecule has 0 aromatic carbocycles. The van der Waals surface area contributed by atoms with Gasteiger partial charge in [0, 0.05) is 13.1 Å². The lowest BCUT2D eigenvalue weighted by Crippen LogP contribution is -2.26. The van der Waals surface area contributed by atoms with Gasteiger partial charge in [0.2, 0.25) is 0 Å². The maximum atomic E-state index is 4.67. The molecule has 0 saturated carbocycles. The van der Waals surface area contributed by atoms with E-state index in [1.807, 2.05) is 6.07 Å². The minimum absolute atomic E-state index is 0.922. The van der Waals surface area contributed by atoms with Gasteiger partial charge in [0.05, 0.1) is 5.69 Å². The van der Waals surface area contributed by atoms with Crippen molar-refractivity contribution in [2.75, 3.05) is 25.0 Å². The van der Waals surface area contributed by atoms with Crippen molar-refractivity contribution in [3.05, 3.63) is 23.9 Å². The molecule has 0 fully saturated rings. The van der Waals surface area contributed by atoms with Crippen LogP contribution in [0.2, 0.25) is 0 Å². The maximum absolute atomic E-state index is 4.67. The molecule has 1 N–H and O–H groups in total. The first-order chi connectivity index (χ1) is 9.30. The van der Waals surface area contributed by atoms with Gasteiger partial charge >= 0.3 is 0 Å². The number of hydrogen-bond donors (Lipinski definition) is 1. The molecular formula is C16H29N3. The predicted molar refractivity (Wildman–Crippen MR) is 83.5 cm³/mol. The lowest BCUT2D eigenvalue weighted by molar-refractivity contribution is 0.254. The number of nitrogens with one attached hydrogen (secondary N) is 1. The van der Waals surface area contributed by atoms with Gasteiger partial charge in [0.15, 0.2) is 0 Å². The summed E-state index contributed by atoms with van der Waals surface area (Å²) >= 11 is 0. The number of rotatable bonds is 10. The van der Waals surface area contributed by atoms with E-state index >= 15 is 0 Å². The summed E-state index contributed by atoms with van der Waals surface area (Å²) in [6.07, 6.45) is 5.06. The molecule has 0 aliphatic heterocycles. The predicted octanol–water partition coefficient (Wildman–Crippen LogP) is 3.92. The van der Waals surface area contributed by atoms with Gasteiger partial charge in [-0.2, -0.15) is 0 Å². The van der Waals surface area contributed by atoms with Gasteiger partial charge in [-0.1, -0.05) is 32.8 Å². The molecule has 0 amide bonds. The quantitative estimate of drug-likeness (QED) is 0.693. The van der Waals surface area contributed by atoms with E-state index in [0.29, 0.717) is 0 Å². The third-order valence-corrected chi connectivity index (χ3v) is 3.21. The third kappa shape index (κ3) is 6.58. The van der Waals surface area contributed by atoms with Gasteiger partial charge in [-0.15, -0.1) is 0 Å². The fraction of sp³-hybridized carbons (Fsp3) is 0.688. The molecule has 0 bridgehead atoms. The summed E-state index contributed by atoms with van der Waals surface area (Å²) in [6.45, 7) is 10.9. The van der Waals surface area contributed by atoms with Crippen molar-refractivity contribution in [1.29, 1.82) is 0 Å². The van der Waals surface area contributed by atoms with Gasteiger partial charge in [-0.3, -0.25) is 4.90 Å². The summed E-state index contributed by atoms with van der Waals surface area (Å²) < 4.78 is 0. The van der Waals surface area contributed by atoms with E-state index in [1.54, 1.807) is 0 Å². The van der Waals surface area contributed by atoms with Crippen molar-refractivity contribution in [2.24, 2.45) is 0 Å². The van der Waals surface area contributed by atoms with E-state index in [-0.39, 0.29) is 0 Å². The van der Waals surface area contributed by atoms with Gasteiger partial charge in [0.25, 0.3) is 0 Å². The Bertz CT molecular complexity index is 331. The van der Waals surface area contributed by atoms with Crippen molar-refractivity contribution in [3.8, 4) is 0 Å². The van der Waals surface area contributed by atoms with Crippen molar-refractivity contribution in [3.63, 3.8) is 0 Å². The van der Waals surface area contributed by atoms with Crippen LogP contribution in [-0.4, -0.2) is 29.5 Å². The van der Waals surface area contributed by atoms with Crippen LogP contribution in [0.15, 0.2) is 18.2 Å². The van der Waals surface area contributed by atoms with Crippen LogP contribution in [0, 0.1) is 0 Å². The normalized spacial score (nSPS) is 10.9. The molecule has 3 heteroatoms. The lowest BCUT2D eigenvalue weighted by Gasteiger charge is -2.21. The second-order valence-electron chi connectivity index (χ2n) is 5.03. The molecule has 0 spiro atoms. The Labute approximate surface area is 118 Å². The average molecular weight is 263 g/mol. The number of anilines is 1. The van der Waals surface area contributed by atoms with E-state index in [9.17, 15) is 0 Å². The zero-order valence-electron chi connectivity index (χ0n) is 12.8. The Balaban J connectivity index is 2.57. The van der Waals surface area contributed by atoms with E-state index < -0.39 is 0 Å². The highest BCUT2D eigenvalue weighted by Crippen LogP contribution is 2.09. The summed E-state index contributed by atoms with van der Waals surface area (Å²) in [5, 5.41) is 3.28. The Kier molecular flexibility index (Phi) is 8.23. The molecule has 3 nitrogen and oxygen atoms in total. The zero-order valence-corrected chi connectivity index (χ0v) is 12.8. The molecule has 1 rings (SSSR count). The Morgan fingerprint density at radius 1 is 1.05 bits per heavy atom. The summed E-state index contributed by atoms with van der Waals surface area (Å²) in [7, 11) is 0. The highest BCUT2D eigenvalue weighted by Gasteiger charge is 2.06. The van der Waals surface area contributed by atoms with Crippen LogP contribution >= 0.6 is 0 Å². The number of unbranched alkanes of at least 4 members (excludes halogenated alkanes) is 2. The van der Waals surface area contributed by atoms with Crippen molar-refractivity contribution in [2.45, 2.75) is 53.0 Å². The molecule has 0 aliphatic carbocycles. The monoisotopic (exact) mass is 263 g/mol. The van der Waals surface area contributed by atoms with Crippen molar-refractivity contribution < 1.29 is 0 Å². The molecular weight excluding hydrogens is 234 g/mol. The molecule has 0 saturated heterocycles. The van der Waals surface area contributed by atoms with Gasteiger partial charge < -0.3 is 5.32 Å². The molecule has 19 heavy (non-hydrogen) atoms. The van der Waals surface area contributed by atoms with Gasteiger partial charge in [-0.25, -0.2) is 4.98 Å². The SMILES string of the molecule is CCCCN(CCCC)Cc1cccc(NCC)n1. The van der Waals surface area contributed by atoms with E-state index in [4.69, 9.17) is 0 Å². The zero-order chi connectivity index (χ0) is 13.9. The molecule has 0 radical (unpaired) electrons. The second-order valence-corrected chi connectivity index (χ2v) is 5.03. The van der Waals surface area contributed by atoms with Gasteiger partial charge in [-0.05, 0) is 45.0 Å². The van der Waals surface area contributed by atoms with Crippen LogP contribution in [0.4, 0.5) is 5.82 Å². The summed E-state index contributed by atoms with van der Waals surface area (Å²) in [5.41, 5.74) is 1.17. The van der Waals surface area contributed by atoms with E-state index in [2.05, 4.69) is 48.1 Å². The van der Waals surface area contributed by atoms with Crippen LogP contribution < -0.4 is 5.32 Å². The molecule has 1 aromatic heterocycles. The Morgan fingerprint density at radius 2 is 1.74 bits per heavy atom. The first-order valence-corrected chi connectivity index (χ1v) is 7.72. The van der Waals surface area contributed by atoms with Crippen LogP contribution in [0.25, 0.3) is 0 Å². The molecule has 0 unspecified atom stereocenters. The van der Waals surface area contributed by atoms with E-state index in [0.717, 1.165) is 18.9 Å². The first-order valence-electron chi connectivity index (χ1n) is 7.72. The minimum Gasteiger partial charge on any atom is -0.370 e. The highest BCUT2D eigenvalue weighted by molar-refractivity contribution is 5.34. The van der Waals surface area contributed by atoms with Crippen LogP contribution in [0.3, 0.4) is 0 Å². The summed E-state index contributed by atoms with van der Waals surface area (Å²) in [4.78, 5) is 7.20. The topological polar surface area (TPSA) is 28.2 Å². The van der Waals surface area contributed by atoms with E-state index in [1.165, 1.54) is 44.5 Å². The smallest absolute Gasteiger partial charge is 0.126 e. The fourth-order valence-corrected chi connectivity index (χ4v) is 2.11. The molecule has 108 valence electrons. The average Bonchev–Trinajstić information content (AvgIpc) is 2.42. The highest BCUT2D eigenvalue weighted by atomic mass is 15.1. The fourth-order valence-electron chi connectivity index (χ4n) is 2.11. The molecule has 0 aliphatic rings. The van der Waals surface area contributed by atoms with Crippen molar-refractivity contribution >= 4 is 5.82 Å². The first kappa shape index (κ1) is 16.0. The van der Waals surface area contributed by atoms with Gasteiger partial charge in [0.1, 0.15) is 5.82 Å². The molecule has 0 atom stereocenters. The standard InChI is InChI=1S/C16H29N3/c1-4-7-12-19(13-8-5-2)14-15-10-9-11-16(18-15)17-6-3/h9-11H,4-8,12-14H2,1-3H3,(H,17,18). The number of nitrogens with zero attached hydrogens (tertiary/aromatic N) is 2. The van der Waals surface area contributed by atoms with Crippen LogP contribution in [0.1, 0.15) is 52.1 Å². The summed E-state index contributed by atoms with van der Waals surface area (Å²) in [6, 6.07) is 6.26. The number of aromatic nitrogens is 1. The van der Waals surface area contributed by atoms with Crippen LogP contribution in [0.5, 0.6) is 0 Å². The third-order valence-electron chi connectivity index (χ3n) is 3.21. The minimum atomic E-state index is 0.922. The van der Waals surface area contributed by atoms with Crippen LogP contribution in [-0.2, 0) is 6.54 Å². The summed E-state index contributed by atoms with van der Waals surface area (Å²) in [5.74, 6) is 0.992. The Morgan fingerprint density at radius 3 is 2.32 bits per heavy atom. The Hall–Kier alpha value is -1.09. The van der Waals surface area contributed by atoms with Crippen molar-refractivity contribution in [1.82, 2.24) is 9.88 Å². The number of pyridine rings is 1. The molecule has 1 aromatic rings. The molecule has 1 heterocycles. The largest absolute Gasteiger partial charge is 0.370 e. The number of hydrogen-bond acceptors (Lipinski definition) is 3. The lowest BCUT2D eigenvalue weighted by atomic mass is 10.2. The maximum Gasteiger partial charge on any atom is 0.126 e.